The Morgan fingerprint density at radius 3 is 2.78 bits per heavy atom. The van der Waals surface area contributed by atoms with Crippen LogP contribution in [0.25, 0.3) is 0 Å². The number of nitrogens with zero attached hydrogens (tertiary/aromatic N) is 3. The molecule has 1 aromatic rings. The number of fused-ring (bicyclic) bond motifs is 1. The molecular formula is C15H24N4O3S. The quantitative estimate of drug-likeness (QED) is 0.887. The van der Waals surface area contributed by atoms with Crippen molar-refractivity contribution in [2.24, 2.45) is 0 Å². The van der Waals surface area contributed by atoms with Gasteiger partial charge >= 0.3 is 6.03 Å². The topological polar surface area (TPSA) is 84.3 Å². The Labute approximate surface area is 137 Å². The van der Waals surface area contributed by atoms with Crippen molar-refractivity contribution < 1.29 is 13.2 Å². The molecule has 7 nitrogen and oxygen atoms in total. The number of urea groups is 1. The van der Waals surface area contributed by atoms with Gasteiger partial charge in [-0.15, -0.1) is 0 Å². The first-order chi connectivity index (χ1) is 10.9. The van der Waals surface area contributed by atoms with Crippen LogP contribution in [0.4, 0.5) is 10.6 Å². The van der Waals surface area contributed by atoms with E-state index in [4.69, 9.17) is 0 Å². The molecule has 0 spiro atoms. The van der Waals surface area contributed by atoms with Gasteiger partial charge in [-0.05, 0) is 32.1 Å². The molecule has 0 bridgehead atoms. The summed E-state index contributed by atoms with van der Waals surface area (Å²) in [6.07, 6.45) is 6.80. The van der Waals surface area contributed by atoms with E-state index < -0.39 is 15.1 Å². The Morgan fingerprint density at radius 1 is 1.26 bits per heavy atom. The van der Waals surface area contributed by atoms with Crippen molar-refractivity contribution in [3.05, 3.63) is 11.8 Å². The SMILES string of the molecule is CS(=O)(=O)C1CCCCN(C(=O)Nc2cc3n(n2)CCCC3)C1. The number of sulfone groups is 1. The number of carbonyl (C=O) groups is 1. The van der Waals surface area contributed by atoms with Crippen LogP contribution < -0.4 is 5.32 Å². The predicted molar refractivity (Wildman–Crippen MR) is 88.2 cm³/mol. The molecule has 2 aliphatic heterocycles. The fourth-order valence-corrected chi connectivity index (χ4v) is 4.35. The Balaban J connectivity index is 1.68. The van der Waals surface area contributed by atoms with E-state index in [-0.39, 0.29) is 12.6 Å². The number of carbonyl (C=O) groups excluding carboxylic acids is 1. The molecule has 2 aliphatic rings. The van der Waals surface area contributed by atoms with Crippen LogP contribution >= 0.6 is 0 Å². The molecule has 128 valence electrons. The van der Waals surface area contributed by atoms with E-state index in [2.05, 4.69) is 10.4 Å². The summed E-state index contributed by atoms with van der Waals surface area (Å²) in [6, 6.07) is 1.67. The zero-order valence-electron chi connectivity index (χ0n) is 13.5. The molecule has 0 aromatic carbocycles. The van der Waals surface area contributed by atoms with Crippen molar-refractivity contribution in [3.63, 3.8) is 0 Å². The van der Waals surface area contributed by atoms with Gasteiger partial charge in [0.25, 0.3) is 0 Å². The lowest BCUT2D eigenvalue weighted by Gasteiger charge is -2.23. The molecule has 0 radical (unpaired) electrons. The second-order valence-corrected chi connectivity index (χ2v) is 8.85. The standard InChI is InChI=1S/C15H24N4O3S/c1-23(21,22)13-7-3-4-8-18(11-13)15(20)16-14-10-12-6-2-5-9-19(12)17-14/h10,13H,2-9,11H2,1H3,(H,16,17,20). The molecule has 8 heteroatoms. The first kappa shape index (κ1) is 16.3. The van der Waals surface area contributed by atoms with E-state index >= 15 is 0 Å². The highest BCUT2D eigenvalue weighted by Crippen LogP contribution is 2.20. The van der Waals surface area contributed by atoms with Crippen LogP contribution in [0.3, 0.4) is 0 Å². The third-order valence-electron chi connectivity index (χ3n) is 4.67. The number of hydrogen-bond donors (Lipinski definition) is 1. The van der Waals surface area contributed by atoms with Crippen LogP contribution in [0, 0.1) is 0 Å². The molecule has 3 rings (SSSR count). The summed E-state index contributed by atoms with van der Waals surface area (Å²) in [4.78, 5) is 14.1. The first-order valence-electron chi connectivity index (χ1n) is 8.25. The average Bonchev–Trinajstić information content (AvgIpc) is 2.72. The molecule has 1 unspecified atom stereocenters. The van der Waals surface area contributed by atoms with Gasteiger partial charge in [0.15, 0.2) is 15.7 Å². The maximum Gasteiger partial charge on any atom is 0.323 e. The van der Waals surface area contributed by atoms with Gasteiger partial charge in [-0.2, -0.15) is 5.10 Å². The molecule has 1 fully saturated rings. The Morgan fingerprint density at radius 2 is 2.04 bits per heavy atom. The predicted octanol–water partition coefficient (Wildman–Crippen LogP) is 1.65. The third-order valence-corrected chi connectivity index (χ3v) is 6.27. The maximum absolute atomic E-state index is 12.5. The second kappa shape index (κ2) is 6.51. The molecule has 0 saturated carbocycles. The normalized spacial score (nSPS) is 22.3. The summed E-state index contributed by atoms with van der Waals surface area (Å²) < 4.78 is 25.6. The summed E-state index contributed by atoms with van der Waals surface area (Å²) >= 11 is 0. The van der Waals surface area contributed by atoms with E-state index in [1.165, 1.54) is 6.26 Å². The molecule has 0 aliphatic carbocycles. The second-order valence-electron chi connectivity index (χ2n) is 6.52. The highest BCUT2D eigenvalue weighted by atomic mass is 32.2. The Hall–Kier alpha value is -1.57. The van der Waals surface area contributed by atoms with Crippen molar-refractivity contribution in [3.8, 4) is 0 Å². The summed E-state index contributed by atoms with van der Waals surface area (Å²) in [5.74, 6) is 0.562. The average molecular weight is 340 g/mol. The van der Waals surface area contributed by atoms with Crippen LogP contribution in [0.15, 0.2) is 6.07 Å². The molecule has 1 saturated heterocycles. The van der Waals surface area contributed by atoms with E-state index in [0.29, 0.717) is 18.8 Å². The molecule has 1 N–H and O–H groups in total. The van der Waals surface area contributed by atoms with Crippen molar-refractivity contribution >= 4 is 21.7 Å². The minimum atomic E-state index is -3.13. The van der Waals surface area contributed by atoms with Crippen molar-refractivity contribution in [1.82, 2.24) is 14.7 Å². The highest BCUT2D eigenvalue weighted by Gasteiger charge is 2.28. The van der Waals surface area contributed by atoms with Gasteiger partial charge in [-0.1, -0.05) is 6.42 Å². The number of aromatic nitrogens is 2. The zero-order valence-corrected chi connectivity index (χ0v) is 14.3. The number of nitrogens with one attached hydrogen (secondary N) is 1. The first-order valence-corrected chi connectivity index (χ1v) is 10.2. The monoisotopic (exact) mass is 340 g/mol. The van der Waals surface area contributed by atoms with Crippen LogP contribution in [-0.2, 0) is 22.8 Å². The zero-order chi connectivity index (χ0) is 16.4. The van der Waals surface area contributed by atoms with Gasteiger partial charge in [0.2, 0.25) is 0 Å². The van der Waals surface area contributed by atoms with Gasteiger partial charge in [-0.25, -0.2) is 13.2 Å². The van der Waals surface area contributed by atoms with Crippen molar-refractivity contribution in [2.75, 3.05) is 24.7 Å². The van der Waals surface area contributed by atoms with E-state index in [9.17, 15) is 13.2 Å². The number of hydrogen-bond acceptors (Lipinski definition) is 4. The summed E-state index contributed by atoms with van der Waals surface area (Å²) in [7, 11) is -3.13. The molecular weight excluding hydrogens is 316 g/mol. The smallest absolute Gasteiger partial charge is 0.323 e. The Kier molecular flexibility index (Phi) is 4.61. The van der Waals surface area contributed by atoms with E-state index in [0.717, 1.165) is 44.3 Å². The lowest BCUT2D eigenvalue weighted by molar-refractivity contribution is 0.214. The largest absolute Gasteiger partial charge is 0.323 e. The van der Waals surface area contributed by atoms with Gasteiger partial charge in [-0.3, -0.25) is 10.00 Å². The maximum atomic E-state index is 12.5. The fourth-order valence-electron chi connectivity index (χ4n) is 3.30. The number of amides is 2. The van der Waals surface area contributed by atoms with Crippen LogP contribution in [-0.4, -0.2) is 53.7 Å². The lowest BCUT2D eigenvalue weighted by atomic mass is 10.1. The minimum absolute atomic E-state index is 0.254. The molecule has 1 aromatic heterocycles. The molecule has 23 heavy (non-hydrogen) atoms. The molecule has 1 atom stereocenters. The van der Waals surface area contributed by atoms with Crippen LogP contribution in [0.1, 0.15) is 37.8 Å². The minimum Gasteiger partial charge on any atom is -0.323 e. The van der Waals surface area contributed by atoms with Crippen molar-refractivity contribution in [1.29, 1.82) is 0 Å². The summed E-state index contributed by atoms with van der Waals surface area (Å²) in [5.41, 5.74) is 1.15. The number of aryl methyl sites for hydroxylation is 2. The molecule has 3 heterocycles. The highest BCUT2D eigenvalue weighted by molar-refractivity contribution is 7.91. The van der Waals surface area contributed by atoms with Crippen molar-refractivity contribution in [2.45, 2.75) is 50.3 Å². The van der Waals surface area contributed by atoms with Gasteiger partial charge in [0.05, 0.1) is 5.25 Å². The van der Waals surface area contributed by atoms with E-state index in [1.54, 1.807) is 4.90 Å². The lowest BCUT2D eigenvalue weighted by Crippen LogP contribution is -2.41. The third kappa shape index (κ3) is 3.85. The van der Waals surface area contributed by atoms with Gasteiger partial charge in [0, 0.05) is 37.7 Å². The summed E-state index contributed by atoms with van der Waals surface area (Å²) in [6.45, 7) is 1.74. The Bertz CT molecular complexity index is 659. The van der Waals surface area contributed by atoms with Gasteiger partial charge < -0.3 is 4.90 Å². The summed E-state index contributed by atoms with van der Waals surface area (Å²) in [5, 5.41) is 6.78. The number of anilines is 1. The van der Waals surface area contributed by atoms with Crippen LogP contribution in [0.2, 0.25) is 0 Å². The number of rotatable bonds is 2. The van der Waals surface area contributed by atoms with Gasteiger partial charge in [0.1, 0.15) is 0 Å². The van der Waals surface area contributed by atoms with E-state index in [1.807, 2.05) is 10.7 Å². The fraction of sp³-hybridized carbons (Fsp3) is 0.733. The number of likely N-dealkylation sites (tertiary alicyclic amines) is 1. The van der Waals surface area contributed by atoms with Crippen LogP contribution in [0.5, 0.6) is 0 Å². The molecule has 2 amide bonds.